The van der Waals surface area contributed by atoms with Gasteiger partial charge in [-0.25, -0.2) is 14.2 Å². The van der Waals surface area contributed by atoms with E-state index in [2.05, 4.69) is 35.6 Å². The first-order valence-corrected chi connectivity index (χ1v) is 9.82. The Labute approximate surface area is 184 Å². The van der Waals surface area contributed by atoms with Crippen LogP contribution in [0.4, 0.5) is 10.2 Å². The standard InChI is InChI=1S/C16H19ClFN9O5/c1-3-30-14(29)16(2,13-23-25-26-24-13)31-4-6-9(28)7(18)12(32-6)27-5-20-8-10(19)21-15(17)22-11(8)27/h5-7,9,12,28H,3-4H2,1-2H3,(H2,19,21,22)(H,23,24,25,26)/t6-,7+,9-,12-,16?/m1/s1. The van der Waals surface area contributed by atoms with Crippen LogP contribution >= 0.6 is 11.6 Å². The van der Waals surface area contributed by atoms with E-state index < -0.39 is 42.8 Å². The van der Waals surface area contributed by atoms with Gasteiger partial charge in [0.15, 0.2) is 23.9 Å². The van der Waals surface area contributed by atoms with Crippen LogP contribution in [-0.2, 0) is 24.6 Å². The van der Waals surface area contributed by atoms with E-state index in [0.717, 1.165) is 0 Å². The summed E-state index contributed by atoms with van der Waals surface area (Å²) in [6.07, 6.45) is -4.70. The lowest BCUT2D eigenvalue weighted by atomic mass is 10.1. The first kappa shape index (κ1) is 22.2. The van der Waals surface area contributed by atoms with Gasteiger partial charge in [0.05, 0.1) is 19.5 Å². The van der Waals surface area contributed by atoms with Crippen molar-refractivity contribution in [3.05, 3.63) is 17.4 Å². The number of H-pyrrole nitrogens is 1. The Kier molecular flexibility index (Phi) is 5.89. The van der Waals surface area contributed by atoms with Gasteiger partial charge in [-0.2, -0.15) is 15.2 Å². The van der Waals surface area contributed by atoms with Gasteiger partial charge >= 0.3 is 5.97 Å². The SMILES string of the molecule is CCOC(=O)C(C)(OC[C@H]1O[C@@H](n2cnc3c(N)nc(Cl)nc32)[C@@H](F)[C@@H]1O)c1nn[nH]n1. The third-order valence-electron chi connectivity index (χ3n) is 4.96. The van der Waals surface area contributed by atoms with Gasteiger partial charge in [0, 0.05) is 0 Å². The monoisotopic (exact) mass is 471 g/mol. The van der Waals surface area contributed by atoms with E-state index in [4.69, 9.17) is 31.5 Å². The highest BCUT2D eigenvalue weighted by atomic mass is 35.5. The molecule has 3 aromatic rings. The molecule has 172 valence electrons. The van der Waals surface area contributed by atoms with E-state index in [1.54, 1.807) is 6.92 Å². The number of nitrogens with zero attached hydrogens (tertiary/aromatic N) is 7. The second-order valence-electron chi connectivity index (χ2n) is 7.00. The van der Waals surface area contributed by atoms with Crippen LogP contribution in [0.3, 0.4) is 0 Å². The van der Waals surface area contributed by atoms with E-state index in [1.165, 1.54) is 17.8 Å². The fourth-order valence-electron chi connectivity index (χ4n) is 3.26. The van der Waals surface area contributed by atoms with Crippen molar-refractivity contribution in [3.63, 3.8) is 0 Å². The quantitative estimate of drug-likeness (QED) is 0.301. The number of tetrazole rings is 1. The molecule has 1 fully saturated rings. The molecular weight excluding hydrogens is 453 g/mol. The van der Waals surface area contributed by atoms with E-state index in [1.807, 2.05) is 0 Å². The predicted molar refractivity (Wildman–Crippen MR) is 104 cm³/mol. The molecule has 0 aliphatic carbocycles. The molecule has 32 heavy (non-hydrogen) atoms. The largest absolute Gasteiger partial charge is 0.464 e. The Balaban J connectivity index is 1.55. The summed E-state index contributed by atoms with van der Waals surface area (Å²) >= 11 is 5.85. The lowest BCUT2D eigenvalue weighted by Gasteiger charge is -2.26. The van der Waals surface area contributed by atoms with Crippen molar-refractivity contribution in [1.29, 1.82) is 0 Å². The zero-order valence-electron chi connectivity index (χ0n) is 16.8. The molecular formula is C16H19ClFN9O5. The average molecular weight is 472 g/mol. The maximum absolute atomic E-state index is 15.0. The normalized spacial score (nSPS) is 25.2. The van der Waals surface area contributed by atoms with Crippen LogP contribution in [0, 0.1) is 0 Å². The molecule has 1 aliphatic rings. The van der Waals surface area contributed by atoms with Gasteiger partial charge in [0.1, 0.15) is 17.7 Å². The van der Waals surface area contributed by atoms with Gasteiger partial charge < -0.3 is 25.1 Å². The van der Waals surface area contributed by atoms with Crippen molar-refractivity contribution >= 4 is 34.6 Å². The summed E-state index contributed by atoms with van der Waals surface area (Å²) in [4.78, 5) is 24.3. The second kappa shape index (κ2) is 8.50. The maximum Gasteiger partial charge on any atom is 0.346 e. The molecule has 0 aromatic carbocycles. The summed E-state index contributed by atoms with van der Waals surface area (Å²) < 4.78 is 32.6. The number of carbonyl (C=O) groups is 1. The van der Waals surface area contributed by atoms with E-state index in [0.29, 0.717) is 0 Å². The van der Waals surface area contributed by atoms with Crippen molar-refractivity contribution in [3.8, 4) is 0 Å². The zero-order chi connectivity index (χ0) is 23.0. The van der Waals surface area contributed by atoms with Crippen LogP contribution in [0.5, 0.6) is 0 Å². The second-order valence-corrected chi connectivity index (χ2v) is 7.34. The number of aromatic amines is 1. The van der Waals surface area contributed by atoms with E-state index >= 15 is 0 Å². The Bertz CT molecular complexity index is 1110. The van der Waals surface area contributed by atoms with Gasteiger partial charge in [-0.1, -0.05) is 5.21 Å². The lowest BCUT2D eigenvalue weighted by Crippen LogP contribution is -2.42. The highest BCUT2D eigenvalue weighted by Crippen LogP contribution is 2.35. The fourth-order valence-corrected chi connectivity index (χ4v) is 3.43. The van der Waals surface area contributed by atoms with Gasteiger partial charge in [-0.05, 0) is 25.4 Å². The van der Waals surface area contributed by atoms with Crippen LogP contribution in [0.2, 0.25) is 5.28 Å². The Morgan fingerprint density at radius 1 is 1.50 bits per heavy atom. The number of nitrogen functional groups attached to an aromatic ring is 1. The molecule has 4 rings (SSSR count). The number of nitrogens with two attached hydrogens (primary N) is 1. The molecule has 0 spiro atoms. The Hall–Kier alpha value is -3.01. The molecule has 16 heteroatoms. The number of aromatic nitrogens is 8. The Morgan fingerprint density at radius 2 is 2.28 bits per heavy atom. The van der Waals surface area contributed by atoms with Crippen LogP contribution < -0.4 is 5.73 Å². The minimum Gasteiger partial charge on any atom is -0.464 e. The molecule has 4 heterocycles. The van der Waals surface area contributed by atoms with Gasteiger partial charge in [0.25, 0.3) is 0 Å². The van der Waals surface area contributed by atoms with Crippen LogP contribution in [0.25, 0.3) is 11.2 Å². The number of imidazole rings is 1. The summed E-state index contributed by atoms with van der Waals surface area (Å²) in [6.45, 7) is 2.67. The minimum atomic E-state index is -1.88. The predicted octanol–water partition coefficient (Wildman–Crippen LogP) is -0.334. The number of fused-ring (bicyclic) bond motifs is 1. The number of halogens is 2. The number of alkyl halides is 1. The number of aliphatic hydroxyl groups is 1. The number of esters is 1. The topological polar surface area (TPSA) is 189 Å². The lowest BCUT2D eigenvalue weighted by molar-refractivity contribution is -0.180. The van der Waals surface area contributed by atoms with Crippen LogP contribution in [0.1, 0.15) is 25.9 Å². The van der Waals surface area contributed by atoms with E-state index in [-0.39, 0.29) is 34.7 Å². The average Bonchev–Trinajstić information content (AvgIpc) is 3.48. The highest BCUT2D eigenvalue weighted by molar-refractivity contribution is 6.28. The van der Waals surface area contributed by atoms with Crippen molar-refractivity contribution in [2.24, 2.45) is 0 Å². The first-order chi connectivity index (χ1) is 15.3. The molecule has 5 atom stereocenters. The maximum atomic E-state index is 15.0. The highest BCUT2D eigenvalue weighted by Gasteiger charge is 2.49. The molecule has 3 aromatic heterocycles. The number of nitrogens with one attached hydrogen (secondary N) is 1. The number of hydrogen-bond donors (Lipinski definition) is 3. The van der Waals surface area contributed by atoms with Crippen molar-refractivity contribution in [1.82, 2.24) is 40.1 Å². The molecule has 0 radical (unpaired) electrons. The number of carbonyl (C=O) groups excluding carboxylic acids is 1. The molecule has 1 saturated heterocycles. The number of ether oxygens (including phenoxy) is 3. The first-order valence-electron chi connectivity index (χ1n) is 9.44. The molecule has 0 bridgehead atoms. The zero-order valence-corrected chi connectivity index (χ0v) is 17.6. The summed E-state index contributed by atoms with van der Waals surface area (Å²) in [5.74, 6) is -0.873. The van der Waals surface area contributed by atoms with Crippen LogP contribution in [0.15, 0.2) is 6.33 Å². The van der Waals surface area contributed by atoms with Crippen molar-refractivity contribution in [2.75, 3.05) is 18.9 Å². The summed E-state index contributed by atoms with van der Waals surface area (Å²) in [5.41, 5.74) is 4.34. The molecule has 0 saturated carbocycles. The van der Waals surface area contributed by atoms with E-state index in [9.17, 15) is 14.3 Å². The molecule has 4 N–H and O–H groups in total. The van der Waals surface area contributed by atoms with Crippen molar-refractivity contribution < 1.29 is 28.5 Å². The van der Waals surface area contributed by atoms with Crippen molar-refractivity contribution in [2.45, 2.75) is 44.1 Å². The summed E-state index contributed by atoms with van der Waals surface area (Å²) in [5, 5.41) is 23.5. The fraction of sp³-hybridized carbons (Fsp3) is 0.562. The van der Waals surface area contributed by atoms with Crippen LogP contribution in [-0.4, -0.2) is 82.8 Å². The molecule has 1 unspecified atom stereocenters. The van der Waals surface area contributed by atoms with Gasteiger partial charge in [0.2, 0.25) is 16.7 Å². The number of rotatable bonds is 7. The van der Waals surface area contributed by atoms with Gasteiger partial charge in [-0.15, -0.1) is 10.2 Å². The Morgan fingerprint density at radius 3 is 2.97 bits per heavy atom. The number of hydrogen-bond acceptors (Lipinski definition) is 12. The number of aliphatic hydroxyl groups excluding tert-OH is 1. The molecule has 14 nitrogen and oxygen atoms in total. The van der Waals surface area contributed by atoms with Gasteiger partial charge in [-0.3, -0.25) is 4.57 Å². The number of anilines is 1. The summed E-state index contributed by atoms with van der Waals surface area (Å²) in [6, 6.07) is 0. The third kappa shape index (κ3) is 3.72. The minimum absolute atomic E-state index is 0.0119. The smallest absolute Gasteiger partial charge is 0.346 e. The summed E-state index contributed by atoms with van der Waals surface area (Å²) in [7, 11) is 0. The molecule has 1 aliphatic heterocycles. The third-order valence-corrected chi connectivity index (χ3v) is 5.13. The molecule has 0 amide bonds.